The minimum atomic E-state index is -0.139. The number of hydrogen-bond donors (Lipinski definition) is 3. The Balaban J connectivity index is 0.000000147. The van der Waals surface area contributed by atoms with E-state index in [1.54, 1.807) is 39.6 Å². The summed E-state index contributed by atoms with van der Waals surface area (Å²) in [6, 6.07) is 10.3. The maximum Gasteiger partial charge on any atom is 0.276 e. The molecule has 4 aliphatic rings. The van der Waals surface area contributed by atoms with Crippen molar-refractivity contribution >= 4 is 63.7 Å². The number of carbonyl (C=O) groups is 1. The van der Waals surface area contributed by atoms with Gasteiger partial charge in [-0.1, -0.05) is 60.3 Å². The van der Waals surface area contributed by atoms with Gasteiger partial charge in [-0.15, -0.1) is 0 Å². The molecule has 19 heteroatoms. The zero-order valence-corrected chi connectivity index (χ0v) is 38.1. The fraction of sp³-hybridized carbons (Fsp3) is 0.477. The Morgan fingerprint density at radius 2 is 1.24 bits per heavy atom. The molecule has 2 aromatic carbocycles. The second kappa shape index (κ2) is 20.3. The smallest absolute Gasteiger partial charge is 0.276 e. The molecule has 0 radical (unpaired) electrons. The third-order valence-corrected chi connectivity index (χ3v) is 13.6. The quantitative estimate of drug-likeness (QED) is 0.137. The van der Waals surface area contributed by atoms with Crippen LogP contribution >= 0.6 is 46.4 Å². The van der Waals surface area contributed by atoms with Crippen LogP contribution in [-0.2, 0) is 16.0 Å². The number of aldehydes is 1. The summed E-state index contributed by atoms with van der Waals surface area (Å²) in [4.78, 5) is 52.7. The third kappa shape index (κ3) is 10.4. The van der Waals surface area contributed by atoms with Crippen LogP contribution in [0.25, 0.3) is 11.0 Å². The van der Waals surface area contributed by atoms with Crippen LogP contribution < -0.4 is 16.4 Å². The highest BCUT2D eigenvalue weighted by molar-refractivity contribution is 6.35. The number of carbonyl (C=O) groups excluding carboxylic acids is 1. The number of H-pyrrole nitrogens is 2. The summed E-state index contributed by atoms with van der Waals surface area (Å²) in [7, 11) is 0. The average molecular weight is 941 g/mol. The molecule has 6 aromatic rings. The lowest BCUT2D eigenvalue weighted by Crippen LogP contribution is -2.24. The van der Waals surface area contributed by atoms with Gasteiger partial charge in [0, 0.05) is 96.9 Å². The van der Waals surface area contributed by atoms with Gasteiger partial charge in [-0.05, 0) is 86.0 Å². The number of nitrogens with zero attached hydrogens (tertiary/aromatic N) is 7. The van der Waals surface area contributed by atoms with Crippen LogP contribution in [0.2, 0.25) is 20.1 Å². The second-order valence-corrected chi connectivity index (χ2v) is 18.5. The van der Waals surface area contributed by atoms with Crippen LogP contribution in [0, 0.1) is 11.8 Å². The second-order valence-electron chi connectivity index (χ2n) is 16.8. The van der Waals surface area contributed by atoms with Crippen molar-refractivity contribution in [2.75, 3.05) is 52.6 Å². The van der Waals surface area contributed by atoms with Crippen molar-refractivity contribution in [1.29, 1.82) is 0 Å². The molecule has 0 spiro atoms. The largest absolute Gasteiger partial charge is 0.381 e. The molecular formula is C44H50Cl4N10O5. The van der Waals surface area contributed by atoms with Gasteiger partial charge in [0.2, 0.25) is 0 Å². The SMILES string of the molecule is CC1CN(Cc2cc(Cl)ccc2Cl)CC1c1nn2c(C3CCOCC3)ncc2c(=O)[nH]1.CC1CNCC1c1nn2c(C3CCOCC3)ncc2c(=O)[nH]1.O=Cc1cc(Cl)ccc1Cl. The Labute approximate surface area is 383 Å². The van der Waals surface area contributed by atoms with Crippen molar-refractivity contribution in [3.05, 3.63) is 124 Å². The summed E-state index contributed by atoms with van der Waals surface area (Å²) >= 11 is 23.7. The number of imidazole rings is 2. The molecule has 4 saturated heterocycles. The van der Waals surface area contributed by atoms with E-state index in [0.29, 0.717) is 67.3 Å². The summed E-state index contributed by atoms with van der Waals surface area (Å²) in [6.07, 6.45) is 7.61. The maximum atomic E-state index is 12.8. The van der Waals surface area contributed by atoms with Gasteiger partial charge in [0.1, 0.15) is 23.3 Å². The fourth-order valence-electron chi connectivity index (χ4n) is 8.91. The number of ether oxygens (including phenoxy) is 2. The van der Waals surface area contributed by atoms with Gasteiger partial charge in [0.25, 0.3) is 11.1 Å². The Morgan fingerprint density at radius 3 is 1.76 bits per heavy atom. The van der Waals surface area contributed by atoms with Crippen molar-refractivity contribution in [3.63, 3.8) is 0 Å². The lowest BCUT2D eigenvalue weighted by Gasteiger charge is -2.21. The molecule has 4 aromatic heterocycles. The van der Waals surface area contributed by atoms with Crippen LogP contribution in [0.5, 0.6) is 0 Å². The lowest BCUT2D eigenvalue weighted by molar-refractivity contribution is 0.0831. The first-order valence-electron chi connectivity index (χ1n) is 21.4. The number of aromatic nitrogens is 8. The molecule has 0 aliphatic carbocycles. The summed E-state index contributed by atoms with van der Waals surface area (Å²) in [5.41, 5.74) is 2.22. The van der Waals surface area contributed by atoms with Crippen LogP contribution in [0.1, 0.15) is 102 Å². The molecule has 0 saturated carbocycles. The van der Waals surface area contributed by atoms with Crippen molar-refractivity contribution in [2.24, 2.45) is 11.8 Å². The van der Waals surface area contributed by atoms with Gasteiger partial charge in [-0.25, -0.2) is 19.0 Å². The van der Waals surface area contributed by atoms with E-state index in [2.05, 4.69) is 44.0 Å². The van der Waals surface area contributed by atoms with Crippen LogP contribution in [0.15, 0.2) is 58.4 Å². The number of fused-ring (bicyclic) bond motifs is 2. The van der Waals surface area contributed by atoms with Gasteiger partial charge in [0.15, 0.2) is 17.3 Å². The Bertz CT molecular complexity index is 2670. The standard InChI is InChI=1S/C22H25Cl2N5O2.C15H21N5O2.C7H4Cl2O/c1-13-10-28(11-15-8-16(23)2-3-18(15)24)12-17(13)20-26-22(30)19-9-25-21(29(19)27-20)14-4-6-31-7-5-14;1-9-6-16-7-11(9)13-18-15(21)12-8-17-14(20(12)19-13)10-2-4-22-5-3-10;8-6-1-2-7(9)5(3-6)4-10/h2-3,8-9,13-14,17H,4-7,10-12H2,1H3,(H,26,27,30);8-11,16H,2-7H2,1H3,(H,18,19,21);1-4H. The van der Waals surface area contributed by atoms with E-state index >= 15 is 0 Å². The van der Waals surface area contributed by atoms with E-state index in [1.165, 1.54) is 6.07 Å². The molecule has 0 amide bonds. The lowest BCUT2D eigenvalue weighted by atomic mass is 9.97. The highest BCUT2D eigenvalue weighted by Gasteiger charge is 2.34. The predicted octanol–water partition coefficient (Wildman–Crippen LogP) is 7.29. The van der Waals surface area contributed by atoms with Crippen molar-refractivity contribution in [1.82, 2.24) is 49.4 Å². The number of likely N-dealkylation sites (tertiary alicyclic amines) is 1. The molecule has 63 heavy (non-hydrogen) atoms. The van der Waals surface area contributed by atoms with Gasteiger partial charge in [-0.3, -0.25) is 19.3 Å². The number of benzene rings is 2. The zero-order chi connectivity index (χ0) is 44.2. The van der Waals surface area contributed by atoms with E-state index in [-0.39, 0.29) is 28.9 Å². The monoisotopic (exact) mass is 938 g/mol. The number of halogens is 4. The molecule has 4 fully saturated rings. The summed E-state index contributed by atoms with van der Waals surface area (Å²) in [5, 5.41) is 15.3. The first-order valence-corrected chi connectivity index (χ1v) is 22.9. The molecule has 15 nitrogen and oxygen atoms in total. The van der Waals surface area contributed by atoms with Gasteiger partial charge in [0.05, 0.1) is 17.4 Å². The minimum absolute atomic E-state index is 0.102. The molecule has 334 valence electrons. The molecule has 3 N–H and O–H groups in total. The third-order valence-electron chi connectivity index (χ3n) is 12.5. The van der Waals surface area contributed by atoms with E-state index < -0.39 is 0 Å². The van der Waals surface area contributed by atoms with Crippen molar-refractivity contribution in [2.45, 2.75) is 69.7 Å². The molecule has 4 aliphatic heterocycles. The van der Waals surface area contributed by atoms with Gasteiger partial charge < -0.3 is 24.8 Å². The van der Waals surface area contributed by atoms with Crippen LogP contribution in [0.3, 0.4) is 0 Å². The Kier molecular flexibility index (Phi) is 14.6. The van der Waals surface area contributed by atoms with Gasteiger partial charge >= 0.3 is 0 Å². The number of rotatable bonds is 7. The molecule has 0 bridgehead atoms. The first-order chi connectivity index (χ1) is 30.5. The van der Waals surface area contributed by atoms with E-state index in [1.807, 2.05) is 12.1 Å². The summed E-state index contributed by atoms with van der Waals surface area (Å²) in [5.74, 6) is 5.00. The van der Waals surface area contributed by atoms with E-state index in [4.69, 9.17) is 66.1 Å². The van der Waals surface area contributed by atoms with Crippen molar-refractivity contribution in [3.8, 4) is 0 Å². The molecule has 4 unspecified atom stereocenters. The highest BCUT2D eigenvalue weighted by atomic mass is 35.5. The number of nitrogens with one attached hydrogen (secondary N) is 3. The Morgan fingerprint density at radius 1 is 0.698 bits per heavy atom. The van der Waals surface area contributed by atoms with Crippen LogP contribution in [0.4, 0.5) is 0 Å². The van der Waals surface area contributed by atoms with E-state index in [9.17, 15) is 14.4 Å². The minimum Gasteiger partial charge on any atom is -0.381 e. The van der Waals surface area contributed by atoms with Crippen LogP contribution in [-0.4, -0.2) is 103 Å². The summed E-state index contributed by atoms with van der Waals surface area (Å²) < 4.78 is 14.4. The fourth-order valence-corrected chi connectivity index (χ4v) is 9.62. The summed E-state index contributed by atoms with van der Waals surface area (Å²) in [6.45, 7) is 11.5. The maximum absolute atomic E-state index is 12.8. The first kappa shape index (κ1) is 45.4. The average Bonchev–Trinajstić information content (AvgIpc) is 4.10. The molecular weight excluding hydrogens is 890 g/mol. The molecule has 4 atom stereocenters. The van der Waals surface area contributed by atoms with Gasteiger partial charge in [-0.2, -0.15) is 10.2 Å². The molecule has 8 heterocycles. The molecule has 10 rings (SSSR count). The predicted molar refractivity (Wildman–Crippen MR) is 243 cm³/mol. The number of aromatic amines is 2. The van der Waals surface area contributed by atoms with Crippen molar-refractivity contribution < 1.29 is 14.3 Å². The van der Waals surface area contributed by atoms with E-state index in [0.717, 1.165) is 107 Å². The topological polar surface area (TPSA) is 177 Å². The zero-order valence-electron chi connectivity index (χ0n) is 35.0. The Hall–Kier alpha value is -4.19. The number of hydrogen-bond acceptors (Lipinski definition) is 11. The normalized spacial score (nSPS) is 22.2. The highest BCUT2D eigenvalue weighted by Crippen LogP contribution is 2.34.